The first kappa shape index (κ1) is 13.8. The third-order valence-corrected chi connectivity index (χ3v) is 2.62. The number of methoxy groups -OCH3 is 1. The summed E-state index contributed by atoms with van der Waals surface area (Å²) in [6.07, 6.45) is 0. The molecule has 0 unspecified atom stereocenters. The minimum absolute atomic E-state index is 0.176. The number of aryl methyl sites for hydroxylation is 1. The second-order valence-electron chi connectivity index (χ2n) is 5.37. The predicted molar refractivity (Wildman–Crippen MR) is 71.3 cm³/mol. The summed E-state index contributed by atoms with van der Waals surface area (Å²) in [7, 11) is 3.59. The van der Waals surface area contributed by atoms with Crippen molar-refractivity contribution in [3.8, 4) is 0 Å². The molecule has 0 aromatic carbocycles. The zero-order chi connectivity index (χ0) is 13.2. The maximum Gasteiger partial charge on any atom is 0.148 e. The molecule has 0 aliphatic carbocycles. The molecule has 0 radical (unpaired) electrons. The van der Waals surface area contributed by atoms with Crippen molar-refractivity contribution < 1.29 is 4.74 Å². The van der Waals surface area contributed by atoms with Crippen molar-refractivity contribution in [2.45, 2.75) is 39.2 Å². The molecule has 0 aliphatic heterocycles. The lowest BCUT2D eigenvalue weighted by atomic mass is 10.1. The Morgan fingerprint density at radius 3 is 2.47 bits per heavy atom. The summed E-state index contributed by atoms with van der Waals surface area (Å²) < 4.78 is 6.97. The van der Waals surface area contributed by atoms with Crippen LogP contribution in [0.25, 0.3) is 0 Å². The van der Waals surface area contributed by atoms with Gasteiger partial charge in [-0.3, -0.25) is 4.68 Å². The van der Waals surface area contributed by atoms with Gasteiger partial charge in [0.15, 0.2) is 0 Å². The molecule has 0 aliphatic rings. The van der Waals surface area contributed by atoms with Crippen molar-refractivity contribution in [1.29, 1.82) is 0 Å². The van der Waals surface area contributed by atoms with Crippen molar-refractivity contribution in [3.63, 3.8) is 0 Å². The second kappa shape index (κ2) is 4.96. The van der Waals surface area contributed by atoms with E-state index in [9.17, 15) is 0 Å². The Morgan fingerprint density at radius 2 is 2.06 bits per heavy atom. The lowest BCUT2D eigenvalue weighted by Crippen LogP contribution is -2.36. The highest BCUT2D eigenvalue weighted by Crippen LogP contribution is 2.29. The van der Waals surface area contributed by atoms with Crippen molar-refractivity contribution >= 4 is 11.5 Å². The normalized spacial score (nSPS) is 12.2. The molecule has 0 amide bonds. The van der Waals surface area contributed by atoms with E-state index in [1.807, 2.05) is 7.05 Å². The summed E-state index contributed by atoms with van der Waals surface area (Å²) in [5.41, 5.74) is 7.61. The summed E-state index contributed by atoms with van der Waals surface area (Å²) in [5.74, 6) is 1.18. The molecule has 1 aromatic heterocycles. The van der Waals surface area contributed by atoms with E-state index >= 15 is 0 Å². The van der Waals surface area contributed by atoms with Gasteiger partial charge < -0.3 is 15.8 Å². The number of anilines is 2. The van der Waals surface area contributed by atoms with Crippen LogP contribution in [-0.2, 0) is 11.8 Å². The highest BCUT2D eigenvalue weighted by Gasteiger charge is 2.23. The maximum absolute atomic E-state index is 6.12. The van der Waals surface area contributed by atoms with Gasteiger partial charge in [0.2, 0.25) is 0 Å². The van der Waals surface area contributed by atoms with Crippen LogP contribution in [0.15, 0.2) is 0 Å². The minimum Gasteiger partial charge on any atom is -0.394 e. The predicted octanol–water partition coefficient (Wildman–Crippen LogP) is 1.96. The lowest BCUT2D eigenvalue weighted by Gasteiger charge is -2.26. The smallest absolute Gasteiger partial charge is 0.148 e. The summed E-state index contributed by atoms with van der Waals surface area (Å²) in [6, 6.07) is 0. The van der Waals surface area contributed by atoms with Crippen molar-refractivity contribution in [1.82, 2.24) is 9.78 Å². The first-order chi connectivity index (χ1) is 7.78. The van der Waals surface area contributed by atoms with Crippen molar-refractivity contribution in [3.05, 3.63) is 5.69 Å². The van der Waals surface area contributed by atoms with Crippen LogP contribution in [-0.4, -0.2) is 29.0 Å². The van der Waals surface area contributed by atoms with Gasteiger partial charge in [-0.05, 0) is 19.8 Å². The number of hydrogen-bond donors (Lipinski definition) is 2. The molecule has 3 N–H and O–H groups in total. The van der Waals surface area contributed by atoms with Gasteiger partial charge in [0.05, 0.1) is 23.5 Å². The SMILES string of the molecule is COCC(C)(C)Nc1c(N)c(C(C)C)nn1C. The van der Waals surface area contributed by atoms with Crippen molar-refractivity contribution in [2.75, 3.05) is 24.8 Å². The number of aromatic nitrogens is 2. The monoisotopic (exact) mass is 240 g/mol. The highest BCUT2D eigenvalue weighted by atomic mass is 16.5. The quantitative estimate of drug-likeness (QED) is 0.825. The fourth-order valence-electron chi connectivity index (χ4n) is 1.85. The van der Waals surface area contributed by atoms with Crippen LogP contribution in [0.1, 0.15) is 39.3 Å². The Bertz CT molecular complexity index is 382. The molecule has 0 atom stereocenters. The molecule has 1 aromatic rings. The molecule has 0 saturated carbocycles. The zero-order valence-electron chi connectivity index (χ0n) is 11.7. The summed E-state index contributed by atoms with van der Waals surface area (Å²) >= 11 is 0. The fraction of sp³-hybridized carbons (Fsp3) is 0.750. The van der Waals surface area contributed by atoms with Crippen LogP contribution in [0.2, 0.25) is 0 Å². The summed E-state index contributed by atoms with van der Waals surface area (Å²) in [4.78, 5) is 0. The van der Waals surface area contributed by atoms with E-state index in [1.54, 1.807) is 11.8 Å². The molecule has 98 valence electrons. The van der Waals surface area contributed by atoms with Gasteiger partial charge in [-0.15, -0.1) is 0 Å². The molecular weight excluding hydrogens is 216 g/mol. The van der Waals surface area contributed by atoms with E-state index < -0.39 is 0 Å². The topological polar surface area (TPSA) is 65.1 Å². The average molecular weight is 240 g/mol. The standard InChI is InChI=1S/C12H24N4O/c1-8(2)10-9(13)11(16(5)15-10)14-12(3,4)7-17-6/h8,14H,7,13H2,1-6H3. The van der Waals surface area contributed by atoms with Gasteiger partial charge in [0.25, 0.3) is 0 Å². The molecule has 5 heteroatoms. The van der Waals surface area contributed by atoms with E-state index in [-0.39, 0.29) is 5.54 Å². The van der Waals surface area contributed by atoms with E-state index in [0.29, 0.717) is 12.5 Å². The van der Waals surface area contributed by atoms with Crippen LogP contribution in [0.3, 0.4) is 0 Å². The van der Waals surface area contributed by atoms with Gasteiger partial charge >= 0.3 is 0 Å². The summed E-state index contributed by atoms with van der Waals surface area (Å²) in [5, 5.41) is 7.82. The molecular formula is C12H24N4O. The number of nitrogens with one attached hydrogen (secondary N) is 1. The fourth-order valence-corrected chi connectivity index (χ4v) is 1.85. The van der Waals surface area contributed by atoms with Crippen LogP contribution < -0.4 is 11.1 Å². The third kappa shape index (κ3) is 3.12. The van der Waals surface area contributed by atoms with Crippen LogP contribution in [0.4, 0.5) is 11.5 Å². The molecule has 0 bridgehead atoms. The van der Waals surface area contributed by atoms with Gasteiger partial charge in [-0.25, -0.2) is 0 Å². The number of rotatable bonds is 5. The first-order valence-corrected chi connectivity index (χ1v) is 5.88. The minimum atomic E-state index is -0.176. The van der Waals surface area contributed by atoms with Gasteiger partial charge in [0.1, 0.15) is 5.82 Å². The van der Waals surface area contributed by atoms with Crippen LogP contribution >= 0.6 is 0 Å². The van der Waals surface area contributed by atoms with Crippen molar-refractivity contribution in [2.24, 2.45) is 7.05 Å². The first-order valence-electron chi connectivity index (χ1n) is 5.88. The van der Waals surface area contributed by atoms with E-state index in [0.717, 1.165) is 17.2 Å². The highest BCUT2D eigenvalue weighted by molar-refractivity contribution is 5.66. The maximum atomic E-state index is 6.12. The average Bonchev–Trinajstić information content (AvgIpc) is 2.45. The summed E-state index contributed by atoms with van der Waals surface area (Å²) in [6.45, 7) is 8.91. The number of nitrogen functional groups attached to an aromatic ring is 1. The number of ether oxygens (including phenoxy) is 1. The Morgan fingerprint density at radius 1 is 1.47 bits per heavy atom. The van der Waals surface area contributed by atoms with Crippen LogP contribution in [0, 0.1) is 0 Å². The van der Waals surface area contributed by atoms with E-state index in [2.05, 4.69) is 38.1 Å². The van der Waals surface area contributed by atoms with E-state index in [1.165, 1.54) is 0 Å². The van der Waals surface area contributed by atoms with Gasteiger partial charge in [-0.2, -0.15) is 5.10 Å². The van der Waals surface area contributed by atoms with Gasteiger partial charge in [-0.1, -0.05) is 13.8 Å². The van der Waals surface area contributed by atoms with Gasteiger partial charge in [0, 0.05) is 14.2 Å². The molecule has 17 heavy (non-hydrogen) atoms. The second-order valence-corrected chi connectivity index (χ2v) is 5.37. The Kier molecular flexibility index (Phi) is 4.03. The molecule has 1 heterocycles. The zero-order valence-corrected chi connectivity index (χ0v) is 11.7. The largest absolute Gasteiger partial charge is 0.394 e. The third-order valence-electron chi connectivity index (χ3n) is 2.62. The number of nitrogens with zero attached hydrogens (tertiary/aromatic N) is 2. The molecule has 0 saturated heterocycles. The Balaban J connectivity index is 2.99. The number of hydrogen-bond acceptors (Lipinski definition) is 4. The number of nitrogens with two attached hydrogens (primary N) is 1. The Hall–Kier alpha value is -1.23. The van der Waals surface area contributed by atoms with E-state index in [4.69, 9.17) is 10.5 Å². The van der Waals surface area contributed by atoms with Crippen LogP contribution in [0.5, 0.6) is 0 Å². The molecule has 0 spiro atoms. The lowest BCUT2D eigenvalue weighted by molar-refractivity contribution is 0.158. The Labute approximate surface area is 103 Å². The molecule has 0 fully saturated rings. The molecule has 5 nitrogen and oxygen atoms in total. The molecule has 1 rings (SSSR count).